The van der Waals surface area contributed by atoms with Crippen molar-refractivity contribution in [1.82, 2.24) is 9.59 Å². The standard InChI is InChI=1S/C11H9F3N2OS/c12-11(13,14)8-3-1-2-7(4-8)5-9(17)10-6-15-16-18-10/h1-4,6,9,17H,5H2. The number of aliphatic hydroxyl groups excluding tert-OH is 1. The fourth-order valence-electron chi connectivity index (χ4n) is 1.52. The maximum Gasteiger partial charge on any atom is 0.416 e. The quantitative estimate of drug-likeness (QED) is 0.936. The number of aromatic nitrogens is 2. The van der Waals surface area contributed by atoms with Gasteiger partial charge in [0.05, 0.1) is 22.7 Å². The first kappa shape index (κ1) is 13.0. The van der Waals surface area contributed by atoms with Gasteiger partial charge in [0.25, 0.3) is 0 Å². The molecule has 1 unspecified atom stereocenters. The average molecular weight is 274 g/mol. The summed E-state index contributed by atoms with van der Waals surface area (Å²) >= 11 is 1.03. The molecular weight excluding hydrogens is 265 g/mol. The van der Waals surface area contributed by atoms with Gasteiger partial charge in [-0.05, 0) is 23.2 Å². The van der Waals surface area contributed by atoms with E-state index < -0.39 is 17.8 Å². The highest BCUT2D eigenvalue weighted by Gasteiger charge is 2.30. The first-order valence-electron chi connectivity index (χ1n) is 5.08. The highest BCUT2D eigenvalue weighted by Crippen LogP contribution is 2.30. The van der Waals surface area contributed by atoms with Crippen LogP contribution in [0.3, 0.4) is 0 Å². The van der Waals surface area contributed by atoms with Gasteiger partial charge in [-0.1, -0.05) is 22.7 Å². The maximum absolute atomic E-state index is 12.5. The van der Waals surface area contributed by atoms with E-state index in [1.54, 1.807) is 6.07 Å². The van der Waals surface area contributed by atoms with Crippen LogP contribution in [0.5, 0.6) is 0 Å². The van der Waals surface area contributed by atoms with Crippen LogP contribution in [-0.2, 0) is 12.6 Å². The first-order valence-corrected chi connectivity index (χ1v) is 5.85. The second-order valence-electron chi connectivity index (χ2n) is 3.74. The molecule has 7 heteroatoms. The Bertz CT molecular complexity index is 513. The van der Waals surface area contributed by atoms with E-state index in [2.05, 4.69) is 9.59 Å². The molecule has 0 saturated carbocycles. The van der Waals surface area contributed by atoms with Gasteiger partial charge in [0, 0.05) is 6.42 Å². The number of nitrogens with zero attached hydrogens (tertiary/aromatic N) is 2. The number of halogens is 3. The van der Waals surface area contributed by atoms with Gasteiger partial charge in [-0.2, -0.15) is 13.2 Å². The molecule has 18 heavy (non-hydrogen) atoms. The molecule has 1 aromatic heterocycles. The number of rotatable bonds is 3. The minimum atomic E-state index is -4.37. The monoisotopic (exact) mass is 274 g/mol. The van der Waals surface area contributed by atoms with Crippen molar-refractivity contribution in [3.05, 3.63) is 46.5 Å². The van der Waals surface area contributed by atoms with Gasteiger partial charge in [0.1, 0.15) is 0 Å². The van der Waals surface area contributed by atoms with E-state index in [1.165, 1.54) is 12.3 Å². The topological polar surface area (TPSA) is 46.0 Å². The van der Waals surface area contributed by atoms with E-state index in [4.69, 9.17) is 0 Å². The third-order valence-electron chi connectivity index (χ3n) is 2.39. The molecule has 2 rings (SSSR count). The predicted octanol–water partition coefficient (Wildman–Crippen LogP) is 2.83. The molecule has 96 valence electrons. The molecule has 1 N–H and O–H groups in total. The van der Waals surface area contributed by atoms with Crippen molar-refractivity contribution in [2.45, 2.75) is 18.7 Å². The van der Waals surface area contributed by atoms with E-state index in [9.17, 15) is 18.3 Å². The number of alkyl halides is 3. The SMILES string of the molecule is OC(Cc1cccc(C(F)(F)F)c1)c1cnns1. The molecule has 0 aliphatic heterocycles. The second-order valence-corrected chi connectivity index (χ2v) is 4.56. The number of benzene rings is 1. The van der Waals surface area contributed by atoms with Crippen LogP contribution in [0.15, 0.2) is 30.5 Å². The summed E-state index contributed by atoms with van der Waals surface area (Å²) in [4.78, 5) is 0.535. The van der Waals surface area contributed by atoms with Crippen LogP contribution >= 0.6 is 11.5 Å². The summed E-state index contributed by atoms with van der Waals surface area (Å²) in [6.45, 7) is 0. The zero-order chi connectivity index (χ0) is 13.2. The van der Waals surface area contributed by atoms with E-state index in [1.807, 2.05) is 0 Å². The third-order valence-corrected chi connectivity index (χ3v) is 3.15. The molecule has 1 aromatic carbocycles. The number of aliphatic hydroxyl groups is 1. The molecule has 1 heterocycles. The van der Waals surface area contributed by atoms with Gasteiger partial charge in [0.15, 0.2) is 0 Å². The molecule has 0 bridgehead atoms. The van der Waals surface area contributed by atoms with Crippen molar-refractivity contribution in [3.8, 4) is 0 Å². The highest BCUT2D eigenvalue weighted by molar-refractivity contribution is 7.05. The summed E-state index contributed by atoms with van der Waals surface area (Å²) in [7, 11) is 0. The summed E-state index contributed by atoms with van der Waals surface area (Å²) in [5, 5.41) is 13.4. The smallest absolute Gasteiger partial charge is 0.387 e. The molecule has 2 aromatic rings. The molecule has 0 amide bonds. The van der Waals surface area contributed by atoms with Crippen LogP contribution in [0, 0.1) is 0 Å². The molecule has 0 spiro atoms. The van der Waals surface area contributed by atoms with E-state index in [0.717, 1.165) is 23.7 Å². The Hall–Kier alpha value is -1.47. The van der Waals surface area contributed by atoms with Crippen molar-refractivity contribution in [3.63, 3.8) is 0 Å². The summed E-state index contributed by atoms with van der Waals surface area (Å²) in [6, 6.07) is 4.92. The van der Waals surface area contributed by atoms with Crippen molar-refractivity contribution in [1.29, 1.82) is 0 Å². The lowest BCUT2D eigenvalue weighted by Gasteiger charge is -2.11. The van der Waals surface area contributed by atoms with Gasteiger partial charge < -0.3 is 5.11 Å². The summed E-state index contributed by atoms with van der Waals surface area (Å²) in [6.07, 6.45) is -3.74. The number of hydrogen-bond donors (Lipinski definition) is 1. The summed E-state index contributed by atoms with van der Waals surface area (Å²) < 4.78 is 41.1. The van der Waals surface area contributed by atoms with E-state index in [-0.39, 0.29) is 6.42 Å². The fraction of sp³-hybridized carbons (Fsp3) is 0.273. The summed E-state index contributed by atoms with van der Waals surface area (Å²) in [5.74, 6) is 0. The lowest BCUT2D eigenvalue weighted by molar-refractivity contribution is -0.137. The zero-order valence-electron chi connectivity index (χ0n) is 9.05. The van der Waals surface area contributed by atoms with Gasteiger partial charge in [-0.3, -0.25) is 0 Å². The van der Waals surface area contributed by atoms with Crippen LogP contribution in [0.1, 0.15) is 22.1 Å². The Balaban J connectivity index is 2.15. The minimum Gasteiger partial charge on any atom is -0.387 e. The maximum atomic E-state index is 12.5. The Morgan fingerprint density at radius 2 is 2.11 bits per heavy atom. The average Bonchev–Trinajstić information content (AvgIpc) is 2.81. The molecule has 0 fully saturated rings. The molecule has 0 aliphatic carbocycles. The van der Waals surface area contributed by atoms with Crippen LogP contribution < -0.4 is 0 Å². The molecule has 0 saturated heterocycles. The van der Waals surface area contributed by atoms with E-state index in [0.29, 0.717) is 10.4 Å². The predicted molar refractivity (Wildman–Crippen MR) is 60.0 cm³/mol. The number of hydrogen-bond acceptors (Lipinski definition) is 4. The van der Waals surface area contributed by atoms with Crippen molar-refractivity contribution in [2.75, 3.05) is 0 Å². The van der Waals surface area contributed by atoms with Crippen LogP contribution in [0.2, 0.25) is 0 Å². The summed E-state index contributed by atoms with van der Waals surface area (Å²) in [5.41, 5.74) is -0.291. The Labute approximate surface area is 105 Å². The minimum absolute atomic E-state index is 0.105. The lowest BCUT2D eigenvalue weighted by Crippen LogP contribution is -2.06. The molecule has 3 nitrogen and oxygen atoms in total. The molecule has 0 aliphatic rings. The Morgan fingerprint density at radius 1 is 1.33 bits per heavy atom. The van der Waals surface area contributed by atoms with E-state index >= 15 is 0 Å². The molecule has 1 atom stereocenters. The van der Waals surface area contributed by atoms with Crippen molar-refractivity contribution in [2.24, 2.45) is 0 Å². The lowest BCUT2D eigenvalue weighted by atomic mass is 10.0. The fourth-order valence-corrected chi connectivity index (χ4v) is 2.01. The van der Waals surface area contributed by atoms with Crippen LogP contribution in [-0.4, -0.2) is 14.7 Å². The van der Waals surface area contributed by atoms with Gasteiger partial charge in [-0.15, -0.1) is 5.10 Å². The molecular formula is C11H9F3N2OS. The first-order chi connectivity index (χ1) is 8.47. The van der Waals surface area contributed by atoms with Gasteiger partial charge >= 0.3 is 6.18 Å². The normalized spacial score (nSPS) is 13.6. The third kappa shape index (κ3) is 3.05. The molecule has 0 radical (unpaired) electrons. The van der Waals surface area contributed by atoms with Crippen LogP contribution in [0.4, 0.5) is 13.2 Å². The van der Waals surface area contributed by atoms with Crippen LogP contribution in [0.25, 0.3) is 0 Å². The Morgan fingerprint density at radius 3 is 2.72 bits per heavy atom. The van der Waals surface area contributed by atoms with Crippen molar-refractivity contribution >= 4 is 11.5 Å². The highest BCUT2D eigenvalue weighted by atomic mass is 32.1. The van der Waals surface area contributed by atoms with Gasteiger partial charge in [0.2, 0.25) is 0 Å². The largest absolute Gasteiger partial charge is 0.416 e. The zero-order valence-corrected chi connectivity index (χ0v) is 9.87. The second kappa shape index (κ2) is 5.03. The van der Waals surface area contributed by atoms with Gasteiger partial charge in [-0.25, -0.2) is 0 Å². The van der Waals surface area contributed by atoms with Crippen molar-refractivity contribution < 1.29 is 18.3 Å². The Kier molecular flexibility index (Phi) is 3.63.